The Bertz CT molecular complexity index is 492. The van der Waals surface area contributed by atoms with Crippen molar-refractivity contribution in [1.82, 2.24) is 0 Å². The fraction of sp³-hybridized carbons (Fsp3) is 0.783. The van der Waals surface area contributed by atoms with Crippen molar-refractivity contribution >= 4 is 5.97 Å². The topological polar surface area (TPSA) is 35.5 Å². The number of ether oxygens (including phenoxy) is 2. The van der Waals surface area contributed by atoms with E-state index in [1.54, 1.807) is 0 Å². The van der Waals surface area contributed by atoms with Gasteiger partial charge in [-0.2, -0.15) is 0 Å². The van der Waals surface area contributed by atoms with Gasteiger partial charge in [0, 0.05) is 0 Å². The third-order valence-electron chi connectivity index (χ3n) is 5.84. The molecule has 1 saturated carbocycles. The molecule has 0 amide bonds. The predicted molar refractivity (Wildman–Crippen MR) is 107 cm³/mol. The third kappa shape index (κ3) is 6.26. The largest absolute Gasteiger partial charge is 0.460 e. The zero-order valence-electron chi connectivity index (χ0n) is 17.2. The van der Waals surface area contributed by atoms with Crippen LogP contribution >= 0.6 is 0 Å². The van der Waals surface area contributed by atoms with Crippen molar-refractivity contribution in [3.63, 3.8) is 0 Å². The second kappa shape index (κ2) is 10.9. The Kier molecular flexibility index (Phi) is 8.90. The number of esters is 1. The molecule has 0 aromatic rings. The van der Waals surface area contributed by atoms with Crippen LogP contribution in [0.3, 0.4) is 0 Å². The maximum atomic E-state index is 13.0. The number of hydrogen-bond acceptors (Lipinski definition) is 3. The maximum absolute atomic E-state index is 13.0. The first-order chi connectivity index (χ1) is 12.5. The SMILES string of the molecule is CCC/C=C/COC(C(=O)O[C@@H]1C[C@H](C)CC[C@H]1C(C)C)C1=CCCC1. The van der Waals surface area contributed by atoms with Gasteiger partial charge in [-0.05, 0) is 61.9 Å². The number of unbranched alkanes of at least 4 members (excludes halogenated alkanes) is 1. The second-order valence-electron chi connectivity index (χ2n) is 8.45. The molecule has 0 bridgehead atoms. The van der Waals surface area contributed by atoms with Crippen LogP contribution in [0.2, 0.25) is 0 Å². The van der Waals surface area contributed by atoms with Gasteiger partial charge < -0.3 is 9.47 Å². The Morgan fingerprint density at radius 3 is 2.77 bits per heavy atom. The molecule has 0 aliphatic heterocycles. The second-order valence-corrected chi connectivity index (χ2v) is 8.45. The lowest BCUT2D eigenvalue weighted by atomic mass is 9.75. The lowest BCUT2D eigenvalue weighted by molar-refractivity contribution is -0.166. The minimum absolute atomic E-state index is 0.0370. The summed E-state index contributed by atoms with van der Waals surface area (Å²) in [5, 5.41) is 0. The van der Waals surface area contributed by atoms with Gasteiger partial charge in [0.05, 0.1) is 6.61 Å². The zero-order valence-corrected chi connectivity index (χ0v) is 17.2. The van der Waals surface area contributed by atoms with Crippen LogP contribution in [-0.4, -0.2) is 24.8 Å². The van der Waals surface area contributed by atoms with E-state index in [2.05, 4.69) is 39.8 Å². The van der Waals surface area contributed by atoms with Crippen LogP contribution in [0.4, 0.5) is 0 Å². The summed E-state index contributed by atoms with van der Waals surface area (Å²) in [4.78, 5) is 13.0. The Morgan fingerprint density at radius 1 is 1.31 bits per heavy atom. The molecule has 1 unspecified atom stereocenters. The average molecular weight is 363 g/mol. The zero-order chi connectivity index (χ0) is 18.9. The summed E-state index contributed by atoms with van der Waals surface area (Å²) in [5.41, 5.74) is 1.11. The molecule has 1 fully saturated rings. The minimum atomic E-state index is -0.520. The monoisotopic (exact) mass is 362 g/mol. The first-order valence-electron chi connectivity index (χ1n) is 10.7. The molecule has 0 radical (unpaired) electrons. The van der Waals surface area contributed by atoms with E-state index in [0.29, 0.717) is 24.4 Å². The van der Waals surface area contributed by atoms with Crippen LogP contribution in [0.25, 0.3) is 0 Å². The van der Waals surface area contributed by atoms with E-state index in [0.717, 1.165) is 50.5 Å². The van der Waals surface area contributed by atoms with Crippen molar-refractivity contribution in [3.05, 3.63) is 23.8 Å². The van der Waals surface area contributed by atoms with E-state index < -0.39 is 6.10 Å². The minimum Gasteiger partial charge on any atom is -0.460 e. The van der Waals surface area contributed by atoms with Crippen LogP contribution in [0, 0.1) is 17.8 Å². The Balaban J connectivity index is 2.00. The Labute approximate surface area is 160 Å². The Hall–Kier alpha value is -1.09. The van der Waals surface area contributed by atoms with Gasteiger partial charge in [0.25, 0.3) is 0 Å². The van der Waals surface area contributed by atoms with E-state index >= 15 is 0 Å². The number of hydrogen-bond donors (Lipinski definition) is 0. The Morgan fingerprint density at radius 2 is 2.12 bits per heavy atom. The molecular formula is C23H38O3. The highest BCUT2D eigenvalue weighted by Gasteiger charge is 2.36. The first-order valence-corrected chi connectivity index (χ1v) is 10.7. The molecule has 148 valence electrons. The summed E-state index contributed by atoms with van der Waals surface area (Å²) in [6.45, 7) is 9.39. The molecule has 0 aromatic heterocycles. The van der Waals surface area contributed by atoms with Crippen molar-refractivity contribution in [2.75, 3.05) is 6.61 Å². The number of carbonyl (C=O) groups is 1. The number of allylic oxidation sites excluding steroid dienone is 2. The summed E-state index contributed by atoms with van der Waals surface area (Å²) in [5.74, 6) is 1.47. The van der Waals surface area contributed by atoms with Gasteiger partial charge in [-0.15, -0.1) is 0 Å². The molecule has 26 heavy (non-hydrogen) atoms. The van der Waals surface area contributed by atoms with Gasteiger partial charge in [0.1, 0.15) is 6.10 Å². The predicted octanol–water partition coefficient (Wildman–Crippen LogP) is 5.84. The van der Waals surface area contributed by atoms with Gasteiger partial charge in [-0.1, -0.05) is 58.8 Å². The highest BCUT2D eigenvalue weighted by atomic mass is 16.6. The van der Waals surface area contributed by atoms with Gasteiger partial charge >= 0.3 is 5.97 Å². The average Bonchev–Trinajstić information content (AvgIpc) is 3.12. The fourth-order valence-corrected chi connectivity index (χ4v) is 4.23. The molecule has 4 atom stereocenters. The van der Waals surface area contributed by atoms with E-state index in [-0.39, 0.29) is 12.1 Å². The summed E-state index contributed by atoms with van der Waals surface area (Å²) in [7, 11) is 0. The van der Waals surface area contributed by atoms with Gasteiger partial charge in [-0.25, -0.2) is 4.79 Å². The van der Waals surface area contributed by atoms with Crippen LogP contribution < -0.4 is 0 Å². The van der Waals surface area contributed by atoms with Crippen molar-refractivity contribution < 1.29 is 14.3 Å². The van der Waals surface area contributed by atoms with Crippen LogP contribution in [0.1, 0.15) is 79.1 Å². The molecule has 2 aliphatic rings. The van der Waals surface area contributed by atoms with E-state index in [1.165, 1.54) is 6.42 Å². The fourth-order valence-electron chi connectivity index (χ4n) is 4.23. The van der Waals surface area contributed by atoms with Crippen molar-refractivity contribution in [1.29, 1.82) is 0 Å². The first kappa shape index (κ1) is 21.2. The standard InChI is InChI=1S/C23H38O3/c1-5-6-7-10-15-25-22(19-11-8-9-12-19)23(24)26-21-16-18(4)13-14-20(21)17(2)3/h7,10-11,17-18,20-22H,5-6,8-9,12-16H2,1-4H3/b10-7+/t18-,20+,21-,22?/m1/s1. The molecular weight excluding hydrogens is 324 g/mol. The van der Waals surface area contributed by atoms with Crippen molar-refractivity contribution in [3.8, 4) is 0 Å². The molecule has 0 heterocycles. The molecule has 2 aliphatic carbocycles. The highest BCUT2D eigenvalue weighted by molar-refractivity contribution is 5.78. The molecule has 3 heteroatoms. The molecule has 0 aromatic carbocycles. The normalized spacial score (nSPS) is 27.7. The number of carbonyl (C=O) groups excluding carboxylic acids is 1. The molecule has 0 saturated heterocycles. The smallest absolute Gasteiger partial charge is 0.339 e. The van der Waals surface area contributed by atoms with E-state index in [1.807, 2.05) is 6.08 Å². The lowest BCUT2D eigenvalue weighted by Crippen LogP contribution is -2.39. The summed E-state index contributed by atoms with van der Waals surface area (Å²) in [6.07, 6.45) is 14.5. The quantitative estimate of drug-likeness (QED) is 0.382. The molecule has 0 N–H and O–H groups in total. The maximum Gasteiger partial charge on any atom is 0.339 e. The lowest BCUT2D eigenvalue weighted by Gasteiger charge is -2.37. The van der Waals surface area contributed by atoms with Crippen LogP contribution in [0.5, 0.6) is 0 Å². The third-order valence-corrected chi connectivity index (χ3v) is 5.84. The summed E-state index contributed by atoms with van der Waals surface area (Å²) >= 11 is 0. The van der Waals surface area contributed by atoms with Crippen LogP contribution in [-0.2, 0) is 14.3 Å². The van der Waals surface area contributed by atoms with Gasteiger partial charge in [0.2, 0.25) is 0 Å². The summed E-state index contributed by atoms with van der Waals surface area (Å²) < 4.78 is 12.0. The molecule has 0 spiro atoms. The van der Waals surface area contributed by atoms with E-state index in [4.69, 9.17) is 9.47 Å². The summed E-state index contributed by atoms with van der Waals surface area (Å²) in [6, 6.07) is 0. The van der Waals surface area contributed by atoms with Crippen LogP contribution in [0.15, 0.2) is 23.8 Å². The van der Waals surface area contributed by atoms with Gasteiger partial charge in [0.15, 0.2) is 6.10 Å². The highest BCUT2D eigenvalue weighted by Crippen LogP contribution is 2.36. The van der Waals surface area contributed by atoms with Crippen molar-refractivity contribution in [2.24, 2.45) is 17.8 Å². The van der Waals surface area contributed by atoms with E-state index in [9.17, 15) is 4.79 Å². The molecule has 3 nitrogen and oxygen atoms in total. The molecule has 2 rings (SSSR count). The van der Waals surface area contributed by atoms with Crippen molar-refractivity contribution in [2.45, 2.75) is 91.3 Å². The van der Waals surface area contributed by atoms with Gasteiger partial charge in [-0.3, -0.25) is 0 Å². The number of rotatable bonds is 9.